The van der Waals surface area contributed by atoms with Crippen LogP contribution in [0, 0.1) is 6.92 Å². The fraction of sp³-hybridized carbons (Fsp3) is 0.294. The molecule has 0 unspecified atom stereocenters. The van der Waals surface area contributed by atoms with Crippen LogP contribution in [0.25, 0.3) is 0 Å². The van der Waals surface area contributed by atoms with Gasteiger partial charge in [0, 0.05) is 0 Å². The number of phenols is 1. The number of anilines is 1. The van der Waals surface area contributed by atoms with Crippen LogP contribution in [0.2, 0.25) is 0 Å². The van der Waals surface area contributed by atoms with E-state index in [9.17, 15) is 5.11 Å². The first-order valence-electron chi connectivity index (χ1n) is 6.89. The van der Waals surface area contributed by atoms with E-state index in [4.69, 9.17) is 5.73 Å². The smallest absolute Gasteiger partial charge is 0.143 e. The molecule has 0 aliphatic rings. The van der Waals surface area contributed by atoms with Crippen LogP contribution >= 0.6 is 0 Å². The largest absolute Gasteiger partial charge is 0.506 e. The van der Waals surface area contributed by atoms with E-state index in [0.717, 1.165) is 11.1 Å². The average Bonchev–Trinajstić information content (AvgIpc) is 2.40. The van der Waals surface area contributed by atoms with E-state index in [2.05, 4.69) is 31.0 Å². The van der Waals surface area contributed by atoms with Crippen molar-refractivity contribution < 1.29 is 5.11 Å². The molecule has 0 radical (unpaired) electrons. The summed E-state index contributed by atoms with van der Waals surface area (Å²) < 4.78 is 0. The van der Waals surface area contributed by atoms with Crippen LogP contribution in [0.5, 0.6) is 5.75 Å². The maximum atomic E-state index is 9.78. The predicted octanol–water partition coefficient (Wildman–Crippen LogP) is 5.00. The molecule has 0 aliphatic carbocycles. The monoisotopic (exact) mass is 283 g/mol. The zero-order chi connectivity index (χ0) is 15.6. The van der Waals surface area contributed by atoms with Gasteiger partial charge in [-0.3, -0.25) is 0 Å². The standard InChI is InChI=1S/C17H21N3O/c1-11-8-9-15(21)14(10-11)20-19-13-7-5-6-12(16(13)18)17(2,3)4/h5-10,21H,18H2,1-4H3/b20-19+. The molecule has 4 heteroatoms. The molecule has 0 atom stereocenters. The highest BCUT2D eigenvalue weighted by atomic mass is 16.3. The van der Waals surface area contributed by atoms with Gasteiger partial charge in [-0.25, -0.2) is 0 Å². The number of nitrogens with two attached hydrogens (primary N) is 1. The second-order valence-corrected chi connectivity index (χ2v) is 6.18. The first kappa shape index (κ1) is 15.0. The van der Waals surface area contributed by atoms with E-state index in [0.29, 0.717) is 17.1 Å². The fourth-order valence-electron chi connectivity index (χ4n) is 2.12. The molecule has 0 heterocycles. The van der Waals surface area contributed by atoms with Gasteiger partial charge in [0.15, 0.2) is 0 Å². The van der Waals surface area contributed by atoms with Gasteiger partial charge >= 0.3 is 0 Å². The number of aromatic hydroxyl groups is 1. The Morgan fingerprint density at radius 1 is 1.00 bits per heavy atom. The lowest BCUT2D eigenvalue weighted by atomic mass is 9.85. The van der Waals surface area contributed by atoms with Gasteiger partial charge in [0.1, 0.15) is 17.1 Å². The van der Waals surface area contributed by atoms with Gasteiger partial charge in [0.25, 0.3) is 0 Å². The number of benzene rings is 2. The highest BCUT2D eigenvalue weighted by Gasteiger charge is 2.18. The summed E-state index contributed by atoms with van der Waals surface area (Å²) in [5, 5.41) is 18.1. The molecule has 0 fully saturated rings. The number of nitrogen functional groups attached to an aromatic ring is 1. The molecule has 3 N–H and O–H groups in total. The van der Waals surface area contributed by atoms with Crippen molar-refractivity contribution in [1.82, 2.24) is 0 Å². The minimum absolute atomic E-state index is 0.0545. The Bertz CT molecular complexity index is 685. The molecule has 0 spiro atoms. The Morgan fingerprint density at radius 2 is 1.67 bits per heavy atom. The number of hydrogen-bond donors (Lipinski definition) is 2. The van der Waals surface area contributed by atoms with Gasteiger partial charge in [-0.05, 0) is 41.7 Å². The molecular formula is C17H21N3O. The molecule has 2 aromatic rings. The van der Waals surface area contributed by atoms with Gasteiger partial charge in [-0.2, -0.15) is 0 Å². The Hall–Kier alpha value is -2.36. The van der Waals surface area contributed by atoms with Crippen molar-refractivity contribution in [2.24, 2.45) is 10.2 Å². The molecule has 0 saturated carbocycles. The van der Waals surface area contributed by atoms with E-state index in [1.165, 1.54) is 0 Å². The molecule has 4 nitrogen and oxygen atoms in total. The number of nitrogens with zero attached hydrogens (tertiary/aromatic N) is 2. The fourth-order valence-corrected chi connectivity index (χ4v) is 2.12. The third kappa shape index (κ3) is 3.40. The summed E-state index contributed by atoms with van der Waals surface area (Å²) >= 11 is 0. The van der Waals surface area contributed by atoms with Crippen LogP contribution in [0.4, 0.5) is 17.1 Å². The molecule has 0 bridgehead atoms. The Morgan fingerprint density at radius 3 is 2.33 bits per heavy atom. The van der Waals surface area contributed by atoms with Crippen LogP contribution in [-0.2, 0) is 5.41 Å². The van der Waals surface area contributed by atoms with E-state index < -0.39 is 0 Å². The van der Waals surface area contributed by atoms with E-state index in [1.807, 2.05) is 31.2 Å². The first-order chi connectivity index (χ1) is 9.79. The lowest BCUT2D eigenvalue weighted by Gasteiger charge is -2.21. The Balaban J connectivity index is 2.40. The number of azo groups is 1. The van der Waals surface area contributed by atoms with Crippen molar-refractivity contribution in [3.8, 4) is 5.75 Å². The first-order valence-corrected chi connectivity index (χ1v) is 6.89. The van der Waals surface area contributed by atoms with Crippen LogP contribution in [-0.4, -0.2) is 5.11 Å². The third-order valence-corrected chi connectivity index (χ3v) is 3.29. The Labute approximate surface area is 125 Å². The highest BCUT2D eigenvalue weighted by Crippen LogP contribution is 2.36. The normalized spacial score (nSPS) is 12.0. The summed E-state index contributed by atoms with van der Waals surface area (Å²) in [6.45, 7) is 8.25. The second kappa shape index (κ2) is 5.56. The van der Waals surface area contributed by atoms with Gasteiger partial charge in [0.05, 0.1) is 5.69 Å². The molecular weight excluding hydrogens is 262 g/mol. The molecule has 0 saturated heterocycles. The van der Waals surface area contributed by atoms with Gasteiger partial charge < -0.3 is 10.8 Å². The maximum Gasteiger partial charge on any atom is 0.143 e. The van der Waals surface area contributed by atoms with Crippen LogP contribution in [0.3, 0.4) is 0 Å². The molecule has 21 heavy (non-hydrogen) atoms. The summed E-state index contributed by atoms with van der Waals surface area (Å²) in [5.41, 5.74) is 9.86. The van der Waals surface area contributed by atoms with Crippen molar-refractivity contribution in [1.29, 1.82) is 0 Å². The zero-order valence-electron chi connectivity index (χ0n) is 12.9. The van der Waals surface area contributed by atoms with E-state index in [1.54, 1.807) is 12.1 Å². The van der Waals surface area contributed by atoms with Gasteiger partial charge in [-0.15, -0.1) is 10.2 Å². The zero-order valence-corrected chi connectivity index (χ0v) is 12.9. The summed E-state index contributed by atoms with van der Waals surface area (Å²) in [4.78, 5) is 0. The van der Waals surface area contributed by atoms with Crippen LogP contribution < -0.4 is 5.73 Å². The van der Waals surface area contributed by atoms with Gasteiger partial charge in [-0.1, -0.05) is 39.0 Å². The number of phenolic OH excluding ortho intramolecular Hbond substituents is 1. The topological polar surface area (TPSA) is 71.0 Å². The molecule has 110 valence electrons. The highest BCUT2D eigenvalue weighted by molar-refractivity contribution is 5.68. The number of hydrogen-bond acceptors (Lipinski definition) is 4. The third-order valence-electron chi connectivity index (χ3n) is 3.29. The lowest BCUT2D eigenvalue weighted by molar-refractivity contribution is 0.476. The summed E-state index contributed by atoms with van der Waals surface area (Å²) in [5.74, 6) is 0.106. The second-order valence-electron chi connectivity index (χ2n) is 6.18. The minimum Gasteiger partial charge on any atom is -0.506 e. The van der Waals surface area contributed by atoms with Crippen molar-refractivity contribution >= 4 is 17.1 Å². The number of para-hydroxylation sites is 1. The van der Waals surface area contributed by atoms with Crippen LogP contribution in [0.15, 0.2) is 46.6 Å². The van der Waals surface area contributed by atoms with Gasteiger partial charge in [0.2, 0.25) is 0 Å². The summed E-state index contributed by atoms with van der Waals surface area (Å²) in [6.07, 6.45) is 0. The molecule has 0 amide bonds. The molecule has 2 rings (SSSR count). The Kier molecular flexibility index (Phi) is 3.98. The molecule has 0 aromatic heterocycles. The minimum atomic E-state index is -0.0545. The summed E-state index contributed by atoms with van der Waals surface area (Å²) in [6, 6.07) is 10.9. The SMILES string of the molecule is Cc1ccc(O)c(/N=N/c2cccc(C(C)(C)C)c2N)c1. The predicted molar refractivity (Wildman–Crippen MR) is 86.6 cm³/mol. The lowest BCUT2D eigenvalue weighted by Crippen LogP contribution is -2.13. The van der Waals surface area contributed by atoms with Crippen molar-refractivity contribution in [2.45, 2.75) is 33.1 Å². The van der Waals surface area contributed by atoms with Crippen LogP contribution in [0.1, 0.15) is 31.9 Å². The molecule has 0 aliphatic heterocycles. The quantitative estimate of drug-likeness (QED) is 0.601. The summed E-state index contributed by atoms with van der Waals surface area (Å²) in [7, 11) is 0. The van der Waals surface area contributed by atoms with Crippen molar-refractivity contribution in [3.05, 3.63) is 47.5 Å². The average molecular weight is 283 g/mol. The van der Waals surface area contributed by atoms with Crippen molar-refractivity contribution in [3.63, 3.8) is 0 Å². The number of rotatable bonds is 2. The molecule has 2 aromatic carbocycles. The van der Waals surface area contributed by atoms with Crippen molar-refractivity contribution in [2.75, 3.05) is 5.73 Å². The number of aryl methyl sites for hydroxylation is 1. The van der Waals surface area contributed by atoms with E-state index in [-0.39, 0.29) is 11.2 Å². The van der Waals surface area contributed by atoms with E-state index >= 15 is 0 Å². The maximum absolute atomic E-state index is 9.78.